The molecule has 1 aromatic rings. The van der Waals surface area contributed by atoms with Crippen LogP contribution >= 0.6 is 11.6 Å². The fraction of sp³-hybridized carbons (Fsp3) is 0.600. The van der Waals surface area contributed by atoms with Gasteiger partial charge in [-0.3, -0.25) is 0 Å². The van der Waals surface area contributed by atoms with Gasteiger partial charge in [0.2, 0.25) is 0 Å². The maximum absolute atomic E-state index is 8.49. The first-order valence-electron chi connectivity index (χ1n) is 4.77. The Morgan fingerprint density at radius 3 is 2.53 bits per heavy atom. The third kappa shape index (κ3) is 2.42. The molecule has 0 bridgehead atoms. The Bertz CT molecular complexity index is 395. The van der Waals surface area contributed by atoms with E-state index in [-0.39, 0.29) is 5.41 Å². The van der Waals surface area contributed by atoms with Gasteiger partial charge in [0.1, 0.15) is 10.8 Å². The van der Waals surface area contributed by atoms with Crippen molar-refractivity contribution in [3.05, 3.63) is 10.7 Å². The van der Waals surface area contributed by atoms with Gasteiger partial charge in [0.05, 0.1) is 24.7 Å². The first kappa shape index (κ1) is 11.9. The Labute approximate surface area is 94.6 Å². The van der Waals surface area contributed by atoms with Gasteiger partial charge in [0, 0.05) is 5.41 Å². The van der Waals surface area contributed by atoms with E-state index in [1.807, 2.05) is 20.8 Å². The first-order chi connectivity index (χ1) is 6.88. The maximum atomic E-state index is 8.49. The van der Waals surface area contributed by atoms with Crippen molar-refractivity contribution < 1.29 is 0 Å². The molecule has 0 spiro atoms. The SMILES string of the molecule is CC(C)(C)c1nn(CCC#N)c(N)c1Cl. The monoisotopic (exact) mass is 226 g/mol. The molecule has 0 radical (unpaired) electrons. The fourth-order valence-electron chi connectivity index (χ4n) is 1.26. The minimum atomic E-state index is -0.136. The average Bonchev–Trinajstić information content (AvgIpc) is 2.41. The highest BCUT2D eigenvalue weighted by Gasteiger charge is 2.24. The highest BCUT2D eigenvalue weighted by Crippen LogP contribution is 2.32. The molecule has 15 heavy (non-hydrogen) atoms. The van der Waals surface area contributed by atoms with Crippen LogP contribution in [-0.4, -0.2) is 9.78 Å². The minimum Gasteiger partial charge on any atom is -0.383 e. The van der Waals surface area contributed by atoms with Gasteiger partial charge in [-0.05, 0) is 0 Å². The first-order valence-corrected chi connectivity index (χ1v) is 5.15. The predicted octanol–water partition coefficient (Wildman–Crippen LogP) is 2.33. The van der Waals surface area contributed by atoms with E-state index >= 15 is 0 Å². The molecule has 0 aliphatic rings. The van der Waals surface area contributed by atoms with Gasteiger partial charge in [-0.25, -0.2) is 4.68 Å². The molecule has 0 atom stereocenters. The number of hydrogen-bond donors (Lipinski definition) is 1. The molecule has 4 nitrogen and oxygen atoms in total. The van der Waals surface area contributed by atoms with Gasteiger partial charge in [-0.2, -0.15) is 10.4 Å². The van der Waals surface area contributed by atoms with E-state index < -0.39 is 0 Å². The zero-order chi connectivity index (χ0) is 11.6. The summed E-state index contributed by atoms with van der Waals surface area (Å²) >= 11 is 6.09. The second-order valence-electron chi connectivity index (χ2n) is 4.43. The van der Waals surface area contributed by atoms with Crippen molar-refractivity contribution in [3.63, 3.8) is 0 Å². The largest absolute Gasteiger partial charge is 0.383 e. The molecule has 82 valence electrons. The number of rotatable bonds is 2. The summed E-state index contributed by atoms with van der Waals surface area (Å²) in [4.78, 5) is 0. The summed E-state index contributed by atoms with van der Waals surface area (Å²) in [5, 5.41) is 13.3. The number of aryl methyl sites for hydroxylation is 1. The fourth-order valence-corrected chi connectivity index (χ4v) is 1.68. The maximum Gasteiger partial charge on any atom is 0.140 e. The third-order valence-corrected chi connectivity index (χ3v) is 2.45. The van der Waals surface area contributed by atoms with Crippen LogP contribution in [0.1, 0.15) is 32.9 Å². The van der Waals surface area contributed by atoms with Gasteiger partial charge in [0.25, 0.3) is 0 Å². The molecule has 1 heterocycles. The zero-order valence-electron chi connectivity index (χ0n) is 9.21. The van der Waals surface area contributed by atoms with Crippen LogP contribution in [0.3, 0.4) is 0 Å². The molecule has 0 aliphatic carbocycles. The Morgan fingerprint density at radius 2 is 2.13 bits per heavy atom. The topological polar surface area (TPSA) is 67.6 Å². The van der Waals surface area contributed by atoms with Crippen molar-refractivity contribution in [1.82, 2.24) is 9.78 Å². The minimum absolute atomic E-state index is 0.136. The van der Waals surface area contributed by atoms with Crippen molar-refractivity contribution >= 4 is 17.4 Å². The van der Waals surface area contributed by atoms with Crippen molar-refractivity contribution in [3.8, 4) is 6.07 Å². The van der Waals surface area contributed by atoms with E-state index in [4.69, 9.17) is 22.6 Å². The average molecular weight is 227 g/mol. The van der Waals surface area contributed by atoms with Gasteiger partial charge in [-0.1, -0.05) is 32.4 Å². The number of nitrogen functional groups attached to an aromatic ring is 1. The van der Waals surface area contributed by atoms with Crippen LogP contribution in [0.5, 0.6) is 0 Å². The molecule has 0 amide bonds. The van der Waals surface area contributed by atoms with Gasteiger partial charge < -0.3 is 5.73 Å². The lowest BCUT2D eigenvalue weighted by Gasteiger charge is -2.15. The van der Waals surface area contributed by atoms with E-state index in [2.05, 4.69) is 11.2 Å². The quantitative estimate of drug-likeness (QED) is 0.842. The lowest BCUT2D eigenvalue weighted by molar-refractivity contribution is 0.537. The molecule has 0 saturated carbocycles. The van der Waals surface area contributed by atoms with E-state index in [1.54, 1.807) is 4.68 Å². The van der Waals surface area contributed by atoms with Crippen molar-refractivity contribution in [2.45, 2.75) is 39.2 Å². The summed E-state index contributed by atoms with van der Waals surface area (Å²) in [6.07, 6.45) is 0.381. The van der Waals surface area contributed by atoms with Gasteiger partial charge in [0.15, 0.2) is 0 Å². The number of aromatic nitrogens is 2. The van der Waals surface area contributed by atoms with E-state index in [1.165, 1.54) is 0 Å². The molecular formula is C10H15ClN4. The van der Waals surface area contributed by atoms with Crippen LogP contribution in [0.2, 0.25) is 5.02 Å². The Balaban J connectivity index is 3.08. The van der Waals surface area contributed by atoms with E-state index in [9.17, 15) is 0 Å². The van der Waals surface area contributed by atoms with Crippen LogP contribution < -0.4 is 5.73 Å². The molecule has 0 saturated heterocycles. The summed E-state index contributed by atoms with van der Waals surface area (Å²) in [5.41, 5.74) is 6.44. The second-order valence-corrected chi connectivity index (χ2v) is 4.81. The highest BCUT2D eigenvalue weighted by molar-refractivity contribution is 6.33. The second kappa shape index (κ2) is 4.11. The Hall–Kier alpha value is -1.21. The number of anilines is 1. The van der Waals surface area contributed by atoms with Gasteiger partial charge in [-0.15, -0.1) is 0 Å². The smallest absolute Gasteiger partial charge is 0.140 e. The molecule has 0 aromatic carbocycles. The normalized spacial score (nSPS) is 11.4. The van der Waals surface area contributed by atoms with E-state index in [0.717, 1.165) is 5.69 Å². The van der Waals surface area contributed by atoms with Crippen molar-refractivity contribution in [1.29, 1.82) is 5.26 Å². The Kier molecular flexibility index (Phi) is 3.25. The molecule has 5 heteroatoms. The van der Waals surface area contributed by atoms with Crippen LogP contribution in [0.4, 0.5) is 5.82 Å². The zero-order valence-corrected chi connectivity index (χ0v) is 9.97. The molecule has 1 rings (SSSR count). The standard InChI is InChI=1S/C10H15ClN4/c1-10(2,3)8-7(11)9(13)15(14-8)6-4-5-12/h4,6,13H2,1-3H3. The van der Waals surface area contributed by atoms with Crippen LogP contribution in [-0.2, 0) is 12.0 Å². The van der Waals surface area contributed by atoms with Crippen LogP contribution in [0, 0.1) is 11.3 Å². The van der Waals surface area contributed by atoms with Crippen molar-refractivity contribution in [2.24, 2.45) is 0 Å². The number of nitriles is 1. The number of nitrogens with zero attached hydrogens (tertiary/aromatic N) is 3. The summed E-state index contributed by atoms with van der Waals surface area (Å²) in [6, 6.07) is 2.05. The molecule has 1 aromatic heterocycles. The highest BCUT2D eigenvalue weighted by atomic mass is 35.5. The number of nitrogens with two attached hydrogens (primary N) is 1. The third-order valence-electron chi connectivity index (χ3n) is 2.08. The lowest BCUT2D eigenvalue weighted by atomic mass is 9.92. The van der Waals surface area contributed by atoms with Crippen LogP contribution in [0.15, 0.2) is 0 Å². The Morgan fingerprint density at radius 1 is 1.53 bits per heavy atom. The summed E-state index contributed by atoms with van der Waals surface area (Å²) < 4.78 is 1.59. The van der Waals surface area contributed by atoms with Gasteiger partial charge >= 0.3 is 0 Å². The predicted molar refractivity (Wildman–Crippen MR) is 60.6 cm³/mol. The molecule has 0 aliphatic heterocycles. The number of halogens is 1. The van der Waals surface area contributed by atoms with Crippen molar-refractivity contribution in [2.75, 3.05) is 5.73 Å². The molecule has 0 unspecified atom stereocenters. The van der Waals surface area contributed by atoms with Crippen LogP contribution in [0.25, 0.3) is 0 Å². The molecule has 0 fully saturated rings. The lowest BCUT2D eigenvalue weighted by Crippen LogP contribution is -2.13. The van der Waals surface area contributed by atoms with E-state index in [0.29, 0.717) is 23.8 Å². The summed E-state index contributed by atoms with van der Waals surface area (Å²) in [5.74, 6) is 0.442. The molecule has 2 N–H and O–H groups in total. The number of hydrogen-bond acceptors (Lipinski definition) is 3. The summed E-state index contributed by atoms with van der Waals surface area (Å²) in [6.45, 7) is 6.55. The molecular weight excluding hydrogens is 212 g/mol. The summed E-state index contributed by atoms with van der Waals surface area (Å²) in [7, 11) is 0.